The first-order valence-corrected chi connectivity index (χ1v) is 11.4. The Balaban J connectivity index is 1.79. The highest BCUT2D eigenvalue weighted by molar-refractivity contribution is 5.95. The molecule has 2 aliphatic heterocycles. The zero-order valence-corrected chi connectivity index (χ0v) is 19.1. The molecule has 2 unspecified atom stereocenters. The van der Waals surface area contributed by atoms with E-state index in [1.165, 1.54) is 5.56 Å². The quantitative estimate of drug-likeness (QED) is 0.559. The van der Waals surface area contributed by atoms with Crippen molar-refractivity contribution >= 4 is 16.9 Å². The summed E-state index contributed by atoms with van der Waals surface area (Å²) in [6, 6.07) is 7.69. The van der Waals surface area contributed by atoms with E-state index in [9.17, 15) is 9.59 Å². The number of hydrogen-bond donors (Lipinski definition) is 0. The monoisotopic (exact) mass is 435 g/mol. The zero-order valence-electron chi connectivity index (χ0n) is 19.1. The Labute approximate surface area is 186 Å². The molecule has 2 aromatic heterocycles. The molecule has 5 rings (SSSR count). The number of hydrogen-bond acceptors (Lipinski definition) is 5. The number of aryl methyl sites for hydroxylation is 1. The average molecular weight is 436 g/mol. The van der Waals surface area contributed by atoms with Crippen molar-refractivity contribution in [1.82, 2.24) is 14.3 Å². The second-order valence-corrected chi connectivity index (χ2v) is 9.20. The number of aromatic nitrogens is 3. The lowest BCUT2D eigenvalue weighted by atomic mass is 9.91. The Morgan fingerprint density at radius 2 is 2.12 bits per heavy atom. The van der Waals surface area contributed by atoms with E-state index < -0.39 is 11.6 Å². The summed E-state index contributed by atoms with van der Waals surface area (Å²) in [4.78, 5) is 25.4. The first kappa shape index (κ1) is 20.9. The smallest absolute Gasteiger partial charge is 0.343 e. The van der Waals surface area contributed by atoms with E-state index in [2.05, 4.69) is 29.8 Å². The molecule has 7 nitrogen and oxygen atoms in total. The van der Waals surface area contributed by atoms with Gasteiger partial charge in [0.05, 0.1) is 47.8 Å². The molecule has 0 amide bonds. The molecular formula is C25H29N3O4. The van der Waals surface area contributed by atoms with Crippen LogP contribution in [0.5, 0.6) is 0 Å². The van der Waals surface area contributed by atoms with Crippen LogP contribution in [-0.2, 0) is 15.9 Å². The van der Waals surface area contributed by atoms with Crippen LogP contribution in [0.4, 0.5) is 0 Å². The van der Waals surface area contributed by atoms with E-state index in [0.717, 1.165) is 41.6 Å². The molecule has 0 radical (unpaired) electrons. The molecule has 7 heteroatoms. The summed E-state index contributed by atoms with van der Waals surface area (Å²) in [7, 11) is 0. The van der Waals surface area contributed by atoms with Gasteiger partial charge < -0.3 is 14.0 Å². The van der Waals surface area contributed by atoms with Gasteiger partial charge in [-0.3, -0.25) is 9.48 Å². The fraction of sp³-hybridized carbons (Fsp3) is 0.480. The summed E-state index contributed by atoms with van der Waals surface area (Å²) in [5.74, 6) is -0.591. The zero-order chi connectivity index (χ0) is 22.6. The van der Waals surface area contributed by atoms with Gasteiger partial charge in [0.1, 0.15) is 5.56 Å². The van der Waals surface area contributed by atoms with Gasteiger partial charge >= 0.3 is 5.97 Å². The van der Waals surface area contributed by atoms with Crippen LogP contribution in [0, 0.1) is 0 Å². The van der Waals surface area contributed by atoms with Gasteiger partial charge in [-0.2, -0.15) is 5.10 Å². The van der Waals surface area contributed by atoms with Crippen molar-refractivity contribution in [2.24, 2.45) is 0 Å². The normalized spacial score (nSPS) is 20.6. The van der Waals surface area contributed by atoms with Crippen molar-refractivity contribution < 1.29 is 14.3 Å². The molecule has 1 saturated heterocycles. The third-order valence-electron chi connectivity index (χ3n) is 6.75. The number of unbranched alkanes of at least 4 members (excludes halogenated alkanes) is 1. The number of ether oxygens (including phenoxy) is 2. The maximum Gasteiger partial charge on any atom is 0.343 e. The minimum atomic E-state index is -0.591. The summed E-state index contributed by atoms with van der Waals surface area (Å²) in [5, 5.41) is 6.09. The van der Waals surface area contributed by atoms with Gasteiger partial charge in [-0.15, -0.1) is 0 Å². The minimum absolute atomic E-state index is 0.0310. The van der Waals surface area contributed by atoms with Crippen LogP contribution >= 0.6 is 0 Å². The van der Waals surface area contributed by atoms with Gasteiger partial charge in [-0.25, -0.2) is 4.79 Å². The molecule has 0 saturated carbocycles. The lowest BCUT2D eigenvalue weighted by molar-refractivity contribution is 0.0144. The Hall–Kier alpha value is -2.93. The topological polar surface area (TPSA) is 75.3 Å². The minimum Gasteiger partial charge on any atom is -0.462 e. The third kappa shape index (κ3) is 3.02. The summed E-state index contributed by atoms with van der Waals surface area (Å²) in [6.45, 7) is 8.75. The van der Waals surface area contributed by atoms with Crippen LogP contribution in [0.3, 0.4) is 0 Å². The molecule has 3 aromatic rings. The Kier molecular flexibility index (Phi) is 4.97. The molecule has 4 heterocycles. The lowest BCUT2D eigenvalue weighted by Crippen LogP contribution is -2.38. The average Bonchev–Trinajstić information content (AvgIpc) is 3.30. The van der Waals surface area contributed by atoms with Crippen LogP contribution in [0.1, 0.15) is 68.5 Å². The first-order valence-electron chi connectivity index (χ1n) is 11.4. The summed E-state index contributed by atoms with van der Waals surface area (Å²) < 4.78 is 15.4. The van der Waals surface area contributed by atoms with Crippen LogP contribution in [0.25, 0.3) is 22.3 Å². The number of benzene rings is 1. The van der Waals surface area contributed by atoms with E-state index in [-0.39, 0.29) is 29.7 Å². The first-order chi connectivity index (χ1) is 15.4. The lowest BCUT2D eigenvalue weighted by Gasteiger charge is -2.37. The Bertz CT molecular complexity index is 1270. The second kappa shape index (κ2) is 7.59. The van der Waals surface area contributed by atoms with Gasteiger partial charge in [0, 0.05) is 17.6 Å². The van der Waals surface area contributed by atoms with Crippen molar-refractivity contribution in [3.63, 3.8) is 0 Å². The number of pyridine rings is 1. The molecule has 0 spiro atoms. The Morgan fingerprint density at radius 3 is 2.88 bits per heavy atom. The Morgan fingerprint density at radius 1 is 1.31 bits per heavy atom. The van der Waals surface area contributed by atoms with E-state index in [0.29, 0.717) is 6.61 Å². The number of nitrogens with zero attached hydrogens (tertiary/aromatic N) is 3. The fourth-order valence-electron chi connectivity index (χ4n) is 5.24. The molecule has 2 atom stereocenters. The highest BCUT2D eigenvalue weighted by Gasteiger charge is 2.50. The highest BCUT2D eigenvalue weighted by atomic mass is 16.5. The van der Waals surface area contributed by atoms with Crippen molar-refractivity contribution in [2.45, 2.75) is 64.6 Å². The van der Waals surface area contributed by atoms with Crippen molar-refractivity contribution in [3.05, 3.63) is 51.8 Å². The SMILES string of the molecule is CCCCc1cccc2c3n(nc12)C1COC(C)(C)C1n1cc(C(=O)OCC)c(=O)cc1-3. The maximum atomic E-state index is 13.0. The number of rotatable bonds is 5. The molecule has 1 fully saturated rings. The molecule has 0 N–H and O–H groups in total. The molecule has 168 valence electrons. The van der Waals surface area contributed by atoms with Crippen LogP contribution in [0.2, 0.25) is 0 Å². The number of esters is 1. The predicted molar refractivity (Wildman–Crippen MR) is 122 cm³/mol. The number of carbonyl (C=O) groups is 1. The third-order valence-corrected chi connectivity index (χ3v) is 6.75. The standard InChI is InChI=1S/C25H29N3O4/c1-5-7-9-15-10-8-11-16-21(15)26-28-19-14-32-25(3,4)23(19)27-13-17(24(30)31-6-2)20(29)12-18(27)22(16)28/h8,10-13,19,23H,5-7,9,14H2,1-4H3. The molecule has 32 heavy (non-hydrogen) atoms. The van der Waals surface area contributed by atoms with Crippen molar-refractivity contribution in [1.29, 1.82) is 0 Å². The number of carbonyl (C=O) groups excluding carboxylic acids is 1. The fourth-order valence-corrected chi connectivity index (χ4v) is 5.24. The van der Waals surface area contributed by atoms with Gasteiger partial charge in [0.15, 0.2) is 5.43 Å². The molecule has 1 aromatic carbocycles. The van der Waals surface area contributed by atoms with Crippen molar-refractivity contribution in [3.8, 4) is 11.4 Å². The highest BCUT2D eigenvalue weighted by Crippen LogP contribution is 2.50. The van der Waals surface area contributed by atoms with E-state index in [1.54, 1.807) is 19.2 Å². The predicted octanol–water partition coefficient (Wildman–Crippen LogP) is 4.29. The van der Waals surface area contributed by atoms with E-state index in [4.69, 9.17) is 14.6 Å². The maximum absolute atomic E-state index is 13.0. The van der Waals surface area contributed by atoms with Crippen LogP contribution < -0.4 is 5.43 Å². The van der Waals surface area contributed by atoms with Crippen molar-refractivity contribution in [2.75, 3.05) is 13.2 Å². The summed E-state index contributed by atoms with van der Waals surface area (Å²) >= 11 is 0. The molecular weight excluding hydrogens is 406 g/mol. The van der Waals surface area contributed by atoms with E-state index >= 15 is 0 Å². The van der Waals surface area contributed by atoms with Gasteiger partial charge in [0.2, 0.25) is 0 Å². The summed E-state index contributed by atoms with van der Waals surface area (Å²) in [5.41, 5.74) is 3.10. The number of fused-ring (bicyclic) bond motifs is 8. The molecule has 0 bridgehead atoms. The van der Waals surface area contributed by atoms with Gasteiger partial charge in [0.25, 0.3) is 0 Å². The second-order valence-electron chi connectivity index (χ2n) is 9.20. The molecule has 0 aliphatic carbocycles. The van der Waals surface area contributed by atoms with Gasteiger partial charge in [-0.05, 0) is 39.2 Å². The van der Waals surface area contributed by atoms with Gasteiger partial charge in [-0.1, -0.05) is 31.5 Å². The molecule has 2 aliphatic rings. The summed E-state index contributed by atoms with van der Waals surface area (Å²) in [6.07, 6.45) is 4.84. The largest absolute Gasteiger partial charge is 0.462 e. The van der Waals surface area contributed by atoms with E-state index in [1.807, 2.05) is 18.4 Å². The van der Waals surface area contributed by atoms with Crippen LogP contribution in [0.15, 0.2) is 35.3 Å². The van der Waals surface area contributed by atoms with Crippen LogP contribution in [-0.4, -0.2) is 39.1 Å².